The van der Waals surface area contributed by atoms with Crippen molar-refractivity contribution in [2.24, 2.45) is 5.73 Å². The lowest BCUT2D eigenvalue weighted by atomic mass is 10.1. The minimum atomic E-state index is -0.558. The number of nitrogens with one attached hydrogen (secondary N) is 1. The van der Waals surface area contributed by atoms with E-state index in [0.717, 1.165) is 3.79 Å². The molecule has 7 heteroatoms. The van der Waals surface area contributed by atoms with E-state index in [2.05, 4.69) is 21.2 Å². The lowest BCUT2D eigenvalue weighted by Crippen LogP contribution is -2.18. The summed E-state index contributed by atoms with van der Waals surface area (Å²) in [4.78, 5) is 12.4. The first-order valence-electron chi connectivity index (χ1n) is 5.14. The molecule has 1 aromatic heterocycles. The molecule has 0 unspecified atom stereocenters. The van der Waals surface area contributed by atoms with Gasteiger partial charge in [0.15, 0.2) is 0 Å². The Morgan fingerprint density at radius 1 is 1.37 bits per heavy atom. The van der Waals surface area contributed by atoms with Gasteiger partial charge < -0.3 is 11.1 Å². The topological polar surface area (TPSA) is 55.1 Å². The van der Waals surface area contributed by atoms with Gasteiger partial charge in [-0.25, -0.2) is 4.39 Å². The largest absolute Gasteiger partial charge is 0.389 e. The van der Waals surface area contributed by atoms with E-state index in [1.165, 1.54) is 23.5 Å². The van der Waals surface area contributed by atoms with Crippen molar-refractivity contribution < 1.29 is 9.18 Å². The van der Waals surface area contributed by atoms with Crippen molar-refractivity contribution in [3.63, 3.8) is 0 Å². The maximum Gasteiger partial charge on any atom is 0.265 e. The summed E-state index contributed by atoms with van der Waals surface area (Å²) in [6.07, 6.45) is 0. The van der Waals surface area contributed by atoms with Crippen molar-refractivity contribution in [1.82, 2.24) is 0 Å². The summed E-state index contributed by atoms with van der Waals surface area (Å²) < 4.78 is 14.5. The molecule has 0 saturated carbocycles. The molecule has 0 aliphatic heterocycles. The molecule has 3 N–H and O–H groups in total. The van der Waals surface area contributed by atoms with Crippen molar-refractivity contribution in [3.8, 4) is 0 Å². The average Bonchev–Trinajstić information content (AvgIpc) is 2.75. The molecule has 0 saturated heterocycles. The number of carbonyl (C=O) groups is 1. The van der Waals surface area contributed by atoms with Gasteiger partial charge in [-0.15, -0.1) is 11.3 Å². The Bertz CT molecular complexity index is 657. The quantitative estimate of drug-likeness (QED) is 0.825. The highest BCUT2D eigenvalue weighted by molar-refractivity contribution is 9.11. The first kappa shape index (κ1) is 14.1. The molecule has 0 atom stereocenters. The van der Waals surface area contributed by atoms with E-state index in [-0.39, 0.29) is 22.1 Å². The van der Waals surface area contributed by atoms with Crippen LogP contribution in [0, 0.1) is 5.82 Å². The van der Waals surface area contributed by atoms with Crippen LogP contribution in [-0.2, 0) is 0 Å². The van der Waals surface area contributed by atoms with Crippen LogP contribution in [0.5, 0.6) is 0 Å². The van der Waals surface area contributed by atoms with Crippen LogP contribution >= 0.6 is 39.5 Å². The second kappa shape index (κ2) is 5.77. The van der Waals surface area contributed by atoms with Crippen LogP contribution < -0.4 is 11.1 Å². The number of benzene rings is 1. The molecule has 0 bridgehead atoms. The maximum absolute atomic E-state index is 13.6. The van der Waals surface area contributed by atoms with Crippen LogP contribution in [0.2, 0.25) is 0 Å². The first-order valence-corrected chi connectivity index (χ1v) is 7.16. The van der Waals surface area contributed by atoms with Crippen LogP contribution in [0.4, 0.5) is 10.1 Å². The zero-order valence-electron chi connectivity index (χ0n) is 9.44. The highest BCUT2D eigenvalue weighted by Crippen LogP contribution is 2.24. The first-order chi connectivity index (χ1) is 8.99. The van der Waals surface area contributed by atoms with Gasteiger partial charge in [-0.05, 0) is 40.2 Å². The second-order valence-corrected chi connectivity index (χ2v) is 6.49. The number of hydrogen-bond donors (Lipinski definition) is 2. The van der Waals surface area contributed by atoms with Gasteiger partial charge in [-0.2, -0.15) is 0 Å². The molecular formula is C12H8BrFN2OS2. The lowest BCUT2D eigenvalue weighted by molar-refractivity contribution is 0.103. The number of amides is 1. The fourth-order valence-corrected chi connectivity index (χ4v) is 2.99. The van der Waals surface area contributed by atoms with Gasteiger partial charge in [-0.3, -0.25) is 4.79 Å². The van der Waals surface area contributed by atoms with Crippen LogP contribution in [-0.4, -0.2) is 10.9 Å². The molecule has 19 heavy (non-hydrogen) atoms. The average molecular weight is 359 g/mol. The number of anilines is 1. The molecule has 2 rings (SSSR count). The van der Waals surface area contributed by atoms with Gasteiger partial charge >= 0.3 is 0 Å². The summed E-state index contributed by atoms with van der Waals surface area (Å²) in [5.74, 6) is -0.892. The minimum absolute atomic E-state index is 0.0430. The number of carbonyl (C=O) groups excluding carboxylic acids is 1. The van der Waals surface area contributed by atoms with Gasteiger partial charge in [0.2, 0.25) is 0 Å². The van der Waals surface area contributed by atoms with E-state index in [9.17, 15) is 9.18 Å². The third-order valence-corrected chi connectivity index (χ3v) is 4.13. The molecule has 3 nitrogen and oxygen atoms in total. The molecule has 1 amide bonds. The molecule has 1 aromatic carbocycles. The minimum Gasteiger partial charge on any atom is -0.389 e. The number of nitrogens with two attached hydrogens (primary N) is 1. The highest BCUT2D eigenvalue weighted by Gasteiger charge is 2.15. The SMILES string of the molecule is NC(=S)c1c(F)cccc1NC(=O)c1ccc(Br)s1. The van der Waals surface area contributed by atoms with Gasteiger partial charge in [0.05, 0.1) is 19.9 Å². The van der Waals surface area contributed by atoms with Crippen molar-refractivity contribution in [2.45, 2.75) is 0 Å². The van der Waals surface area contributed by atoms with Crippen LogP contribution in [0.3, 0.4) is 0 Å². The molecule has 0 radical (unpaired) electrons. The van der Waals surface area contributed by atoms with E-state index in [0.29, 0.717) is 4.88 Å². The monoisotopic (exact) mass is 358 g/mol. The fraction of sp³-hybridized carbons (Fsp3) is 0. The summed E-state index contributed by atoms with van der Waals surface area (Å²) in [6, 6.07) is 7.71. The Balaban J connectivity index is 2.31. The maximum atomic E-state index is 13.6. The third kappa shape index (κ3) is 3.17. The number of halogens is 2. The molecule has 1 heterocycles. The molecular weight excluding hydrogens is 351 g/mol. The lowest BCUT2D eigenvalue weighted by Gasteiger charge is -2.10. The normalized spacial score (nSPS) is 10.2. The zero-order valence-corrected chi connectivity index (χ0v) is 12.7. The van der Waals surface area contributed by atoms with E-state index in [1.54, 1.807) is 18.2 Å². The predicted octanol–water partition coefficient (Wildman–Crippen LogP) is 3.54. The van der Waals surface area contributed by atoms with Crippen molar-refractivity contribution >= 4 is 56.1 Å². The summed E-state index contributed by atoms with van der Waals surface area (Å²) in [7, 11) is 0. The van der Waals surface area contributed by atoms with E-state index < -0.39 is 5.82 Å². The van der Waals surface area contributed by atoms with Gasteiger partial charge in [0.1, 0.15) is 10.8 Å². The van der Waals surface area contributed by atoms with E-state index in [1.807, 2.05) is 0 Å². The molecule has 0 fully saturated rings. The van der Waals surface area contributed by atoms with Crippen molar-refractivity contribution in [2.75, 3.05) is 5.32 Å². The third-order valence-electron chi connectivity index (χ3n) is 2.31. The Labute approximate surface area is 126 Å². The van der Waals surface area contributed by atoms with Crippen molar-refractivity contribution in [3.05, 3.63) is 50.4 Å². The van der Waals surface area contributed by atoms with E-state index in [4.69, 9.17) is 18.0 Å². The molecule has 98 valence electrons. The Morgan fingerprint density at radius 2 is 2.11 bits per heavy atom. The fourth-order valence-electron chi connectivity index (χ4n) is 1.50. The predicted molar refractivity (Wildman–Crippen MR) is 82.3 cm³/mol. The van der Waals surface area contributed by atoms with E-state index >= 15 is 0 Å². The summed E-state index contributed by atoms with van der Waals surface area (Å²) in [6.45, 7) is 0. The second-order valence-electron chi connectivity index (χ2n) is 3.58. The highest BCUT2D eigenvalue weighted by atomic mass is 79.9. The van der Waals surface area contributed by atoms with Gasteiger partial charge in [-0.1, -0.05) is 18.3 Å². The summed E-state index contributed by atoms with van der Waals surface area (Å²) in [5.41, 5.74) is 5.78. The molecule has 0 spiro atoms. The molecule has 2 aromatic rings. The number of rotatable bonds is 3. The number of thiocarbonyl (C=S) groups is 1. The Morgan fingerprint density at radius 3 is 2.68 bits per heavy atom. The van der Waals surface area contributed by atoms with Gasteiger partial charge in [0, 0.05) is 0 Å². The number of thiophene rings is 1. The Kier molecular flexibility index (Phi) is 4.28. The number of hydrogen-bond acceptors (Lipinski definition) is 3. The Hall–Kier alpha value is -1.31. The molecule has 0 aliphatic rings. The van der Waals surface area contributed by atoms with Crippen molar-refractivity contribution in [1.29, 1.82) is 0 Å². The van der Waals surface area contributed by atoms with Gasteiger partial charge in [0.25, 0.3) is 5.91 Å². The summed E-state index contributed by atoms with van der Waals surface area (Å²) in [5, 5.41) is 2.61. The smallest absolute Gasteiger partial charge is 0.265 e. The standard InChI is InChI=1S/C12H8BrFN2OS2/c13-9-5-4-8(19-9)12(17)16-7-3-1-2-6(14)10(7)11(15)18/h1-5H,(H2,15,18)(H,16,17). The van der Waals surface area contributed by atoms with Crippen LogP contribution in [0.25, 0.3) is 0 Å². The van der Waals surface area contributed by atoms with Crippen LogP contribution in [0.1, 0.15) is 15.2 Å². The molecule has 0 aliphatic carbocycles. The zero-order chi connectivity index (χ0) is 14.0. The van der Waals surface area contributed by atoms with Crippen LogP contribution in [0.15, 0.2) is 34.1 Å². The summed E-state index contributed by atoms with van der Waals surface area (Å²) >= 11 is 9.35.